The Morgan fingerprint density at radius 3 is 2.50 bits per heavy atom. The van der Waals surface area contributed by atoms with Crippen molar-refractivity contribution in [2.45, 2.75) is 25.3 Å². The molecule has 0 aromatic rings. The lowest BCUT2D eigenvalue weighted by Gasteiger charge is -2.34. The van der Waals surface area contributed by atoms with E-state index in [0.29, 0.717) is 13.0 Å². The Balaban J connectivity index is 2.95. The van der Waals surface area contributed by atoms with Gasteiger partial charge in [-0.25, -0.2) is 0 Å². The molecule has 0 N–H and O–H groups in total. The van der Waals surface area contributed by atoms with Crippen LogP contribution in [0, 0.1) is 0 Å². The van der Waals surface area contributed by atoms with Gasteiger partial charge in [0.05, 0.1) is 7.11 Å². The molecule has 1 atom stereocenters. The fourth-order valence-corrected chi connectivity index (χ4v) is 3.05. The maximum Gasteiger partial charge on any atom is 0.324 e. The molecule has 0 aliphatic carbocycles. The third-order valence-corrected chi connectivity index (χ3v) is 4.64. The largest absolute Gasteiger partial charge is 0.468 e. The molecule has 7 heteroatoms. The van der Waals surface area contributed by atoms with Crippen LogP contribution in [-0.4, -0.2) is 56.8 Å². The van der Waals surface area contributed by atoms with Crippen molar-refractivity contribution in [1.82, 2.24) is 8.61 Å². The van der Waals surface area contributed by atoms with Crippen LogP contribution < -0.4 is 0 Å². The van der Waals surface area contributed by atoms with Crippen molar-refractivity contribution in [3.8, 4) is 0 Å². The minimum atomic E-state index is -3.54. The van der Waals surface area contributed by atoms with Crippen molar-refractivity contribution in [3.63, 3.8) is 0 Å². The molecule has 0 bridgehead atoms. The molecule has 94 valence electrons. The quantitative estimate of drug-likeness (QED) is 0.652. The summed E-state index contributed by atoms with van der Waals surface area (Å²) in [6.07, 6.45) is 2.15. The van der Waals surface area contributed by atoms with Crippen LogP contribution in [0.5, 0.6) is 0 Å². The van der Waals surface area contributed by atoms with E-state index < -0.39 is 22.2 Å². The van der Waals surface area contributed by atoms with Gasteiger partial charge in [-0.3, -0.25) is 4.79 Å². The molecule has 0 saturated carbocycles. The number of methoxy groups -OCH3 is 1. The van der Waals surface area contributed by atoms with Crippen LogP contribution in [0.2, 0.25) is 0 Å². The standard InChI is InChI=1S/C9H18N2O4S/c1-10(2)16(13,14)11-7-5-4-6-8(11)9(12)15-3/h8H,4-7H2,1-3H3/t8-/m1/s1. The average Bonchev–Trinajstić information content (AvgIpc) is 2.27. The number of hydrogen-bond donors (Lipinski definition) is 0. The van der Waals surface area contributed by atoms with Gasteiger partial charge in [0.2, 0.25) is 0 Å². The zero-order valence-corrected chi connectivity index (χ0v) is 10.7. The molecule has 0 amide bonds. The molecule has 1 rings (SSSR count). The van der Waals surface area contributed by atoms with Crippen LogP contribution in [0.4, 0.5) is 0 Å². The summed E-state index contributed by atoms with van der Waals surface area (Å²) in [5.41, 5.74) is 0. The first-order valence-electron chi connectivity index (χ1n) is 5.18. The van der Waals surface area contributed by atoms with Crippen LogP contribution in [0.15, 0.2) is 0 Å². The second-order valence-corrected chi connectivity index (χ2v) is 6.03. The topological polar surface area (TPSA) is 66.9 Å². The lowest BCUT2D eigenvalue weighted by Crippen LogP contribution is -2.52. The van der Waals surface area contributed by atoms with Crippen LogP contribution in [0.25, 0.3) is 0 Å². The lowest BCUT2D eigenvalue weighted by molar-refractivity contribution is -0.146. The summed E-state index contributed by atoms with van der Waals surface area (Å²) in [6.45, 7) is 0.375. The predicted octanol–water partition coefficient (Wildman–Crippen LogP) is -0.180. The molecule has 6 nitrogen and oxygen atoms in total. The highest BCUT2D eigenvalue weighted by molar-refractivity contribution is 7.86. The molecular weight excluding hydrogens is 232 g/mol. The SMILES string of the molecule is COC(=O)[C@H]1CCCCN1S(=O)(=O)N(C)C. The Hall–Kier alpha value is -0.660. The molecule has 1 fully saturated rings. The van der Waals surface area contributed by atoms with Gasteiger partial charge >= 0.3 is 5.97 Å². The first-order chi connectivity index (χ1) is 7.41. The maximum absolute atomic E-state index is 12.0. The summed E-state index contributed by atoms with van der Waals surface area (Å²) < 4.78 is 30.9. The Bertz CT molecular complexity index is 353. The van der Waals surface area contributed by atoms with Gasteiger partial charge in [-0.05, 0) is 19.3 Å². The summed E-state index contributed by atoms with van der Waals surface area (Å²) in [5, 5.41) is 0. The smallest absolute Gasteiger partial charge is 0.324 e. The molecule has 1 saturated heterocycles. The van der Waals surface area contributed by atoms with E-state index in [1.165, 1.54) is 25.5 Å². The van der Waals surface area contributed by atoms with E-state index in [2.05, 4.69) is 4.74 Å². The average molecular weight is 250 g/mol. The first kappa shape index (κ1) is 13.4. The minimum absolute atomic E-state index is 0.375. The van der Waals surface area contributed by atoms with Crippen molar-refractivity contribution in [2.24, 2.45) is 0 Å². The molecular formula is C9H18N2O4S. The van der Waals surface area contributed by atoms with Crippen LogP contribution in [0.3, 0.4) is 0 Å². The summed E-state index contributed by atoms with van der Waals surface area (Å²) in [7, 11) is 0.650. The highest BCUT2D eigenvalue weighted by atomic mass is 32.2. The van der Waals surface area contributed by atoms with Crippen molar-refractivity contribution in [2.75, 3.05) is 27.7 Å². The van der Waals surface area contributed by atoms with Crippen molar-refractivity contribution < 1.29 is 17.9 Å². The monoisotopic (exact) mass is 250 g/mol. The van der Waals surface area contributed by atoms with E-state index in [4.69, 9.17) is 0 Å². The number of rotatable bonds is 3. The van der Waals surface area contributed by atoms with Crippen LogP contribution >= 0.6 is 0 Å². The number of hydrogen-bond acceptors (Lipinski definition) is 4. The van der Waals surface area contributed by atoms with Gasteiger partial charge in [-0.1, -0.05) is 0 Å². The Labute approximate surface area is 96.3 Å². The Kier molecular flexibility index (Phi) is 4.28. The highest BCUT2D eigenvalue weighted by Crippen LogP contribution is 2.22. The summed E-state index contributed by atoms with van der Waals surface area (Å²) in [4.78, 5) is 11.5. The molecule has 0 aromatic carbocycles. The van der Waals surface area contributed by atoms with Crippen molar-refractivity contribution in [3.05, 3.63) is 0 Å². The van der Waals surface area contributed by atoms with E-state index in [9.17, 15) is 13.2 Å². The zero-order chi connectivity index (χ0) is 12.3. The van der Waals surface area contributed by atoms with Gasteiger partial charge in [0.25, 0.3) is 10.2 Å². The predicted molar refractivity (Wildman–Crippen MR) is 59.0 cm³/mol. The van der Waals surface area contributed by atoms with Crippen LogP contribution in [-0.2, 0) is 19.7 Å². The number of ether oxygens (including phenoxy) is 1. The van der Waals surface area contributed by atoms with E-state index in [-0.39, 0.29) is 0 Å². The summed E-state index contributed by atoms with van der Waals surface area (Å²) in [5.74, 6) is -0.481. The number of nitrogens with zero attached hydrogens (tertiary/aromatic N) is 2. The normalized spacial score (nSPS) is 23.4. The third kappa shape index (κ3) is 2.53. The van der Waals surface area contributed by atoms with Gasteiger partial charge in [-0.2, -0.15) is 17.0 Å². The highest BCUT2D eigenvalue weighted by Gasteiger charge is 2.38. The maximum atomic E-state index is 12.0. The molecule has 0 unspecified atom stereocenters. The van der Waals surface area contributed by atoms with Crippen molar-refractivity contribution in [1.29, 1.82) is 0 Å². The number of carbonyl (C=O) groups excluding carboxylic acids is 1. The third-order valence-electron chi connectivity index (χ3n) is 2.68. The lowest BCUT2D eigenvalue weighted by atomic mass is 10.1. The molecule has 0 spiro atoms. The van der Waals surface area contributed by atoms with Gasteiger partial charge in [0, 0.05) is 20.6 Å². The van der Waals surface area contributed by atoms with Gasteiger partial charge in [0.1, 0.15) is 6.04 Å². The van der Waals surface area contributed by atoms with Crippen LogP contribution in [0.1, 0.15) is 19.3 Å². The number of esters is 1. The molecule has 0 aromatic heterocycles. The van der Waals surface area contributed by atoms with E-state index in [1.807, 2.05) is 0 Å². The Morgan fingerprint density at radius 2 is 2.00 bits per heavy atom. The minimum Gasteiger partial charge on any atom is -0.468 e. The summed E-state index contributed by atoms with van der Waals surface area (Å²) >= 11 is 0. The van der Waals surface area contributed by atoms with E-state index in [0.717, 1.165) is 17.1 Å². The molecule has 1 heterocycles. The molecule has 1 aliphatic rings. The fourth-order valence-electron chi connectivity index (χ4n) is 1.76. The first-order valence-corrected chi connectivity index (χ1v) is 6.58. The molecule has 16 heavy (non-hydrogen) atoms. The zero-order valence-electron chi connectivity index (χ0n) is 9.84. The summed E-state index contributed by atoms with van der Waals surface area (Å²) in [6, 6.07) is -0.675. The van der Waals surface area contributed by atoms with E-state index in [1.54, 1.807) is 0 Å². The second-order valence-electron chi connectivity index (χ2n) is 3.94. The molecule has 1 aliphatic heterocycles. The fraction of sp³-hybridized carbons (Fsp3) is 0.889. The van der Waals surface area contributed by atoms with E-state index >= 15 is 0 Å². The van der Waals surface area contributed by atoms with Gasteiger partial charge in [-0.15, -0.1) is 0 Å². The second kappa shape index (κ2) is 5.11. The van der Waals surface area contributed by atoms with Crippen molar-refractivity contribution >= 4 is 16.2 Å². The molecule has 0 radical (unpaired) electrons. The number of carbonyl (C=O) groups is 1. The number of piperidine rings is 1. The Morgan fingerprint density at radius 1 is 1.38 bits per heavy atom. The van der Waals surface area contributed by atoms with Gasteiger partial charge in [0.15, 0.2) is 0 Å². The van der Waals surface area contributed by atoms with Gasteiger partial charge < -0.3 is 4.74 Å².